The number of carbonyl (C=O) groups excluding carboxylic acids is 1. The van der Waals surface area contributed by atoms with Crippen molar-refractivity contribution in [3.63, 3.8) is 0 Å². The largest absolute Gasteiger partial charge is 0.359 e. The maximum Gasteiger partial charge on any atom is 0.207 e. The van der Waals surface area contributed by atoms with E-state index in [1.165, 1.54) is 0 Å². The Kier molecular flexibility index (Phi) is 4.78. The molecule has 1 fully saturated rings. The third kappa shape index (κ3) is 3.74. The summed E-state index contributed by atoms with van der Waals surface area (Å²) in [6.45, 7) is 4.11. The van der Waals surface area contributed by atoms with E-state index < -0.39 is 0 Å². The summed E-state index contributed by atoms with van der Waals surface area (Å²) in [4.78, 5) is 12.4. The first-order valence-electron chi connectivity index (χ1n) is 4.92. The van der Waals surface area contributed by atoms with Crippen molar-refractivity contribution in [3.05, 3.63) is 0 Å². The average molecular weight is 185 g/mol. The Hall–Kier alpha value is -0.610. The van der Waals surface area contributed by atoms with Gasteiger partial charge in [0.15, 0.2) is 0 Å². The molecule has 2 N–H and O–H groups in total. The zero-order valence-corrected chi connectivity index (χ0v) is 8.25. The van der Waals surface area contributed by atoms with Crippen molar-refractivity contribution < 1.29 is 4.79 Å². The molecule has 0 aliphatic carbocycles. The highest BCUT2D eigenvalue weighted by molar-refractivity contribution is 5.45. The lowest BCUT2D eigenvalue weighted by Gasteiger charge is -2.33. The molecule has 0 radical (unpaired) electrons. The Morgan fingerprint density at radius 1 is 1.69 bits per heavy atom. The third-order valence-electron chi connectivity index (χ3n) is 2.59. The Balaban J connectivity index is 2.08. The summed E-state index contributed by atoms with van der Waals surface area (Å²) in [6, 6.07) is 0.641. The number of hydrogen-bond acceptors (Lipinski definition) is 3. The summed E-state index contributed by atoms with van der Waals surface area (Å²) in [5, 5.41) is 6.06. The summed E-state index contributed by atoms with van der Waals surface area (Å²) in [5.41, 5.74) is 0. The van der Waals surface area contributed by atoms with Crippen LogP contribution < -0.4 is 10.6 Å². The van der Waals surface area contributed by atoms with Gasteiger partial charge in [0.25, 0.3) is 0 Å². The van der Waals surface area contributed by atoms with Gasteiger partial charge >= 0.3 is 0 Å². The van der Waals surface area contributed by atoms with Crippen LogP contribution in [0, 0.1) is 0 Å². The maximum atomic E-state index is 9.99. The van der Waals surface area contributed by atoms with Gasteiger partial charge in [-0.15, -0.1) is 0 Å². The number of hydrogen-bond donors (Lipinski definition) is 2. The molecular formula is C9H19N3O. The lowest BCUT2D eigenvalue weighted by Crippen LogP contribution is -2.49. The van der Waals surface area contributed by atoms with Gasteiger partial charge in [0.2, 0.25) is 6.41 Å². The summed E-state index contributed by atoms with van der Waals surface area (Å²) < 4.78 is 0. The minimum atomic E-state index is 0.641. The third-order valence-corrected chi connectivity index (χ3v) is 2.59. The second-order valence-electron chi connectivity index (χ2n) is 3.55. The molecule has 0 bridgehead atoms. The number of amides is 1. The molecule has 4 heteroatoms. The van der Waals surface area contributed by atoms with E-state index >= 15 is 0 Å². The SMILES string of the molecule is CN1CCNCC1CCCNC=O. The number of likely N-dealkylation sites (N-methyl/N-ethyl adjacent to an activating group) is 1. The molecule has 1 heterocycles. The Labute approximate surface area is 79.7 Å². The van der Waals surface area contributed by atoms with Gasteiger partial charge in [-0.25, -0.2) is 0 Å². The average Bonchev–Trinajstić information content (AvgIpc) is 2.15. The highest BCUT2D eigenvalue weighted by atomic mass is 16.1. The zero-order chi connectivity index (χ0) is 9.52. The van der Waals surface area contributed by atoms with Crippen molar-refractivity contribution in [1.29, 1.82) is 0 Å². The summed E-state index contributed by atoms with van der Waals surface area (Å²) >= 11 is 0. The van der Waals surface area contributed by atoms with Gasteiger partial charge < -0.3 is 15.5 Å². The molecule has 1 unspecified atom stereocenters. The molecule has 1 aliphatic rings. The van der Waals surface area contributed by atoms with E-state index in [-0.39, 0.29) is 0 Å². The van der Waals surface area contributed by atoms with Gasteiger partial charge in [0, 0.05) is 32.2 Å². The molecule has 1 atom stereocenters. The molecule has 1 rings (SSSR count). The highest BCUT2D eigenvalue weighted by Gasteiger charge is 2.17. The summed E-state index contributed by atoms with van der Waals surface area (Å²) in [6.07, 6.45) is 2.99. The fourth-order valence-electron chi connectivity index (χ4n) is 1.68. The van der Waals surface area contributed by atoms with E-state index in [2.05, 4.69) is 22.6 Å². The second kappa shape index (κ2) is 5.94. The van der Waals surface area contributed by atoms with E-state index in [4.69, 9.17) is 0 Å². The number of piperazine rings is 1. The lowest BCUT2D eigenvalue weighted by molar-refractivity contribution is -0.109. The maximum absolute atomic E-state index is 9.99. The van der Waals surface area contributed by atoms with Gasteiger partial charge in [-0.3, -0.25) is 4.79 Å². The second-order valence-corrected chi connectivity index (χ2v) is 3.55. The standard InChI is InChI=1S/C9H19N3O/c1-12-6-5-10-7-9(12)3-2-4-11-8-13/h8-10H,2-7H2,1H3,(H,11,13). The summed E-state index contributed by atoms with van der Waals surface area (Å²) in [7, 11) is 2.17. The molecule has 0 aromatic rings. The molecule has 1 aliphatic heterocycles. The van der Waals surface area contributed by atoms with Crippen molar-refractivity contribution in [2.45, 2.75) is 18.9 Å². The van der Waals surface area contributed by atoms with Crippen molar-refractivity contribution in [2.24, 2.45) is 0 Å². The fourth-order valence-corrected chi connectivity index (χ4v) is 1.68. The van der Waals surface area contributed by atoms with Crippen LogP contribution in [0.25, 0.3) is 0 Å². The molecule has 0 aromatic carbocycles. The van der Waals surface area contributed by atoms with E-state index in [0.717, 1.165) is 45.4 Å². The molecule has 0 saturated carbocycles. The van der Waals surface area contributed by atoms with Gasteiger partial charge in [0.05, 0.1) is 0 Å². The molecule has 0 aromatic heterocycles. The van der Waals surface area contributed by atoms with Crippen LogP contribution in [0.3, 0.4) is 0 Å². The molecular weight excluding hydrogens is 166 g/mol. The molecule has 4 nitrogen and oxygen atoms in total. The Morgan fingerprint density at radius 2 is 2.54 bits per heavy atom. The number of nitrogens with zero attached hydrogens (tertiary/aromatic N) is 1. The number of carbonyl (C=O) groups is 1. The smallest absolute Gasteiger partial charge is 0.207 e. The van der Waals surface area contributed by atoms with Gasteiger partial charge in [-0.05, 0) is 19.9 Å². The number of nitrogens with one attached hydrogen (secondary N) is 2. The van der Waals surface area contributed by atoms with Crippen LogP contribution in [0.5, 0.6) is 0 Å². The minimum Gasteiger partial charge on any atom is -0.359 e. The minimum absolute atomic E-state index is 0.641. The Bertz CT molecular complexity index is 152. The van der Waals surface area contributed by atoms with Gasteiger partial charge in [0.1, 0.15) is 0 Å². The van der Waals surface area contributed by atoms with Crippen LogP contribution in [0.1, 0.15) is 12.8 Å². The van der Waals surface area contributed by atoms with Crippen molar-refractivity contribution in [3.8, 4) is 0 Å². The van der Waals surface area contributed by atoms with Crippen LogP contribution in [0.4, 0.5) is 0 Å². The van der Waals surface area contributed by atoms with Crippen LogP contribution >= 0.6 is 0 Å². The first-order valence-corrected chi connectivity index (χ1v) is 4.92. The lowest BCUT2D eigenvalue weighted by atomic mass is 10.1. The zero-order valence-electron chi connectivity index (χ0n) is 8.25. The van der Waals surface area contributed by atoms with Crippen LogP contribution in [0.2, 0.25) is 0 Å². The Morgan fingerprint density at radius 3 is 3.23 bits per heavy atom. The molecule has 0 spiro atoms. The van der Waals surface area contributed by atoms with Crippen LogP contribution in [-0.2, 0) is 4.79 Å². The van der Waals surface area contributed by atoms with E-state index in [1.54, 1.807) is 0 Å². The van der Waals surface area contributed by atoms with Gasteiger partial charge in [-0.1, -0.05) is 0 Å². The molecule has 13 heavy (non-hydrogen) atoms. The predicted octanol–water partition coefficient (Wildman–Crippen LogP) is -0.584. The molecule has 1 amide bonds. The molecule has 1 saturated heterocycles. The highest BCUT2D eigenvalue weighted by Crippen LogP contribution is 2.06. The summed E-state index contributed by atoms with van der Waals surface area (Å²) in [5.74, 6) is 0. The van der Waals surface area contributed by atoms with Crippen LogP contribution in [0.15, 0.2) is 0 Å². The van der Waals surface area contributed by atoms with E-state index in [9.17, 15) is 4.79 Å². The number of rotatable bonds is 5. The quantitative estimate of drug-likeness (QED) is 0.445. The van der Waals surface area contributed by atoms with Gasteiger partial charge in [-0.2, -0.15) is 0 Å². The topological polar surface area (TPSA) is 44.4 Å². The van der Waals surface area contributed by atoms with Crippen molar-refractivity contribution in [2.75, 3.05) is 33.2 Å². The first kappa shape index (κ1) is 10.5. The predicted molar refractivity (Wildman–Crippen MR) is 52.6 cm³/mol. The fraction of sp³-hybridized carbons (Fsp3) is 0.889. The van der Waals surface area contributed by atoms with Crippen molar-refractivity contribution in [1.82, 2.24) is 15.5 Å². The van der Waals surface area contributed by atoms with Crippen LogP contribution in [-0.4, -0.2) is 50.6 Å². The first-order chi connectivity index (χ1) is 6.34. The monoisotopic (exact) mass is 185 g/mol. The normalized spacial score (nSPS) is 24.2. The van der Waals surface area contributed by atoms with E-state index in [0.29, 0.717) is 6.04 Å². The van der Waals surface area contributed by atoms with E-state index in [1.807, 2.05) is 0 Å². The molecule has 76 valence electrons. The van der Waals surface area contributed by atoms with Crippen molar-refractivity contribution >= 4 is 6.41 Å².